The minimum absolute atomic E-state index is 0.0337. The number of nitrogens with zero attached hydrogens (tertiary/aromatic N) is 3. The Morgan fingerprint density at radius 1 is 0.808 bits per heavy atom. The van der Waals surface area contributed by atoms with E-state index in [-0.39, 0.29) is 71.2 Å². The predicted molar refractivity (Wildman–Crippen MR) is 303 cm³/mol. The van der Waals surface area contributed by atoms with E-state index in [0.717, 1.165) is 5.56 Å². The number of urea groups is 1. The number of methoxy groups -OCH3 is 2. The Morgan fingerprint density at radius 2 is 1.44 bits per heavy atom. The van der Waals surface area contributed by atoms with Gasteiger partial charge in [-0.2, -0.15) is 0 Å². The molecule has 1 aliphatic rings. The number of rotatable bonds is 31. The molecule has 20 heteroatoms. The fraction of sp³-hybridized carbons (Fsp3) is 0.672. The Hall–Kier alpha value is -5.67. The van der Waals surface area contributed by atoms with Crippen LogP contribution in [-0.4, -0.2) is 164 Å². The van der Waals surface area contributed by atoms with Gasteiger partial charge in [0.05, 0.1) is 68.9 Å². The minimum Gasteiger partial charge on any atom is -0.386 e. The SMILES string of the molecule is CC[C@H](C)[C@@H]([C@H](CC(=O)N1CCC[C@H]1[C@H](OC)[C@@H](C)C(=O)N[C@H](C)[C@H](O)c1ccccc1)OC)N(C)C(=O)[C@@H](NC(=O)[C@H](C(C)C)[N+](C)(C)Cc1ccc(NC(=O)[C@H](CCCNC(N)=O)NC(=O)[C@@H](N)C(C)C)cc1)C(C)C. The van der Waals surface area contributed by atoms with Crippen molar-refractivity contribution in [2.45, 2.75) is 175 Å². The highest BCUT2D eigenvalue weighted by Gasteiger charge is 2.45. The summed E-state index contributed by atoms with van der Waals surface area (Å²) in [5, 5.41) is 25.2. The number of carbonyl (C=O) groups is 7. The lowest BCUT2D eigenvalue weighted by Gasteiger charge is -2.42. The highest BCUT2D eigenvalue weighted by atomic mass is 16.5. The molecule has 0 spiro atoms. The topological polar surface area (TPSA) is 277 Å². The standard InChI is InChI=1S/C58H96N10O10/c1-16-37(8)49(45(77-14)32-46(69)67-31-21-25-44(67)52(78-15)38(9)53(71)62-39(10)51(70)41-22-18-17-19-23-41)66(11)57(75)48(35(4)5)65-56(74)50(36(6)7)68(12,13)33-40-26-28-42(29-27-40)63-54(72)43(24-20-30-61-58(60)76)64-55(73)47(59)34(2)3/h17-19,22-23,26-29,34-39,43-45,47-52,70H,16,20-21,24-25,30-33,59H2,1-15H3,(H6-,60,61,62,63,64,65,71,72,73,74,76)/p+1/t37-,38+,39+,43-,44-,45-,47-,48-,49-,50-,51-,52+/m0/s1. The molecule has 2 aromatic rings. The molecule has 2 aromatic carbocycles. The molecular weight excluding hydrogens is 997 g/mol. The Kier molecular flexibility index (Phi) is 26.6. The van der Waals surface area contributed by atoms with E-state index in [1.165, 1.54) is 0 Å². The number of benzene rings is 2. The zero-order valence-corrected chi connectivity index (χ0v) is 49.3. The number of carbonyl (C=O) groups excluding carboxylic acids is 7. The first-order chi connectivity index (χ1) is 36.6. The number of hydrogen-bond donors (Lipinski definition) is 8. The smallest absolute Gasteiger partial charge is 0.312 e. The number of anilines is 1. The normalized spacial score (nSPS) is 18.1. The van der Waals surface area contributed by atoms with Gasteiger partial charge in [0.15, 0.2) is 6.04 Å². The number of hydrogen-bond acceptors (Lipinski definition) is 11. The van der Waals surface area contributed by atoms with Gasteiger partial charge in [0.25, 0.3) is 5.91 Å². The number of ether oxygens (including phenoxy) is 2. The number of likely N-dealkylation sites (tertiary alicyclic amines) is 1. The van der Waals surface area contributed by atoms with Crippen molar-refractivity contribution in [1.29, 1.82) is 0 Å². The van der Waals surface area contributed by atoms with Crippen LogP contribution in [0.2, 0.25) is 0 Å². The number of aliphatic hydroxyl groups excluding tert-OH is 1. The molecular formula is C58H97N10O10+. The molecule has 78 heavy (non-hydrogen) atoms. The van der Waals surface area contributed by atoms with E-state index >= 15 is 0 Å². The monoisotopic (exact) mass is 1090 g/mol. The van der Waals surface area contributed by atoms with Gasteiger partial charge in [-0.1, -0.05) is 111 Å². The second-order valence-electron chi connectivity index (χ2n) is 23.0. The number of nitrogens with one attached hydrogen (secondary N) is 5. The summed E-state index contributed by atoms with van der Waals surface area (Å²) in [4.78, 5) is 98.6. The number of nitrogens with two attached hydrogens (primary N) is 2. The summed E-state index contributed by atoms with van der Waals surface area (Å²) in [6.45, 7) is 20.0. The van der Waals surface area contributed by atoms with E-state index in [9.17, 15) is 38.7 Å². The number of quaternary nitrogens is 1. The highest BCUT2D eigenvalue weighted by molar-refractivity contribution is 5.98. The van der Waals surface area contributed by atoms with Crippen LogP contribution in [0.15, 0.2) is 54.6 Å². The number of aliphatic hydroxyl groups is 1. The number of primary amides is 1. The van der Waals surface area contributed by atoms with Gasteiger partial charge in [0.1, 0.15) is 18.6 Å². The molecule has 3 rings (SSSR count). The fourth-order valence-electron chi connectivity index (χ4n) is 10.9. The molecule has 20 nitrogen and oxygen atoms in total. The Labute approximate surface area is 464 Å². The average Bonchev–Trinajstić information content (AvgIpc) is 3.88. The van der Waals surface area contributed by atoms with Gasteiger partial charge in [-0.05, 0) is 68.1 Å². The van der Waals surface area contributed by atoms with Crippen LogP contribution >= 0.6 is 0 Å². The van der Waals surface area contributed by atoms with Gasteiger partial charge in [-0.25, -0.2) is 4.79 Å². The van der Waals surface area contributed by atoms with Crippen LogP contribution in [0.4, 0.5) is 10.5 Å². The second-order valence-corrected chi connectivity index (χ2v) is 23.0. The molecule has 1 aliphatic heterocycles. The van der Waals surface area contributed by atoms with Gasteiger partial charge in [-0.3, -0.25) is 28.8 Å². The van der Waals surface area contributed by atoms with Crippen LogP contribution in [0, 0.1) is 29.6 Å². The third-order valence-electron chi connectivity index (χ3n) is 15.6. The first kappa shape index (κ1) is 66.6. The summed E-state index contributed by atoms with van der Waals surface area (Å²) in [5.74, 6) is -3.35. The molecule has 12 atom stereocenters. The van der Waals surface area contributed by atoms with Crippen molar-refractivity contribution >= 4 is 47.2 Å². The number of amides is 8. The Bertz CT molecular complexity index is 2250. The molecule has 0 unspecified atom stereocenters. The zero-order valence-electron chi connectivity index (χ0n) is 49.3. The number of likely N-dealkylation sites (N-methyl/N-ethyl adjacent to an activating group) is 2. The largest absolute Gasteiger partial charge is 0.386 e. The molecule has 0 aromatic heterocycles. The molecule has 0 aliphatic carbocycles. The van der Waals surface area contributed by atoms with Crippen LogP contribution in [-0.2, 0) is 44.8 Å². The maximum atomic E-state index is 14.9. The first-order valence-corrected chi connectivity index (χ1v) is 27.9. The Balaban J connectivity index is 1.77. The maximum Gasteiger partial charge on any atom is 0.312 e. The Morgan fingerprint density at radius 3 is 1.97 bits per heavy atom. The van der Waals surface area contributed by atoms with Crippen LogP contribution < -0.4 is 38.1 Å². The lowest BCUT2D eigenvalue weighted by atomic mass is 9.89. The van der Waals surface area contributed by atoms with E-state index in [0.29, 0.717) is 50.0 Å². The average molecular weight is 1090 g/mol. The van der Waals surface area contributed by atoms with Gasteiger partial charge in [0, 0.05) is 51.5 Å². The molecule has 0 bridgehead atoms. The molecule has 0 radical (unpaired) electrons. The first-order valence-electron chi connectivity index (χ1n) is 27.9. The quantitative estimate of drug-likeness (QED) is 0.0386. The molecule has 10 N–H and O–H groups in total. The summed E-state index contributed by atoms with van der Waals surface area (Å²) in [6, 6.07) is 10.9. The summed E-state index contributed by atoms with van der Waals surface area (Å²) in [7, 11) is 8.72. The van der Waals surface area contributed by atoms with E-state index < -0.39 is 84.4 Å². The molecule has 1 saturated heterocycles. The van der Waals surface area contributed by atoms with E-state index in [4.69, 9.17) is 20.9 Å². The fourth-order valence-corrected chi connectivity index (χ4v) is 10.9. The van der Waals surface area contributed by atoms with E-state index in [2.05, 4.69) is 26.6 Å². The molecule has 8 amide bonds. The summed E-state index contributed by atoms with van der Waals surface area (Å²) < 4.78 is 12.3. The molecule has 1 heterocycles. The predicted octanol–water partition coefficient (Wildman–Crippen LogP) is 4.44. The van der Waals surface area contributed by atoms with Crippen molar-refractivity contribution in [3.8, 4) is 0 Å². The van der Waals surface area contributed by atoms with E-state index in [1.807, 2.05) is 99.8 Å². The van der Waals surface area contributed by atoms with Crippen molar-refractivity contribution in [2.75, 3.05) is 53.8 Å². The molecule has 438 valence electrons. The van der Waals surface area contributed by atoms with Gasteiger partial charge >= 0.3 is 6.03 Å². The molecule has 0 saturated carbocycles. The summed E-state index contributed by atoms with van der Waals surface area (Å²) in [6.07, 6.45) is 0.334. The van der Waals surface area contributed by atoms with Crippen molar-refractivity contribution in [2.24, 2.45) is 41.1 Å². The van der Waals surface area contributed by atoms with Crippen molar-refractivity contribution in [3.63, 3.8) is 0 Å². The van der Waals surface area contributed by atoms with Crippen LogP contribution in [0.1, 0.15) is 125 Å². The summed E-state index contributed by atoms with van der Waals surface area (Å²) in [5.41, 5.74) is 13.3. The lowest BCUT2D eigenvalue weighted by Crippen LogP contribution is -2.63. The maximum absolute atomic E-state index is 14.9. The van der Waals surface area contributed by atoms with Gasteiger partial charge in [-0.15, -0.1) is 0 Å². The summed E-state index contributed by atoms with van der Waals surface area (Å²) >= 11 is 0. The third-order valence-corrected chi connectivity index (χ3v) is 15.6. The van der Waals surface area contributed by atoms with Gasteiger partial charge < -0.3 is 66.9 Å². The highest BCUT2D eigenvalue weighted by Crippen LogP contribution is 2.31. The third kappa shape index (κ3) is 18.7. The molecule has 1 fully saturated rings. The van der Waals surface area contributed by atoms with Crippen molar-refractivity contribution in [3.05, 3.63) is 65.7 Å². The van der Waals surface area contributed by atoms with Crippen molar-refractivity contribution < 1.29 is 52.6 Å². The van der Waals surface area contributed by atoms with Crippen LogP contribution in [0.5, 0.6) is 0 Å². The van der Waals surface area contributed by atoms with Crippen LogP contribution in [0.3, 0.4) is 0 Å². The van der Waals surface area contributed by atoms with E-state index in [1.54, 1.807) is 69.2 Å². The van der Waals surface area contributed by atoms with Crippen LogP contribution in [0.25, 0.3) is 0 Å². The zero-order chi connectivity index (χ0) is 58.8. The van der Waals surface area contributed by atoms with Gasteiger partial charge in [0.2, 0.25) is 29.5 Å². The second kappa shape index (κ2) is 31.2. The minimum atomic E-state index is -0.927. The lowest BCUT2D eigenvalue weighted by molar-refractivity contribution is -0.922. The van der Waals surface area contributed by atoms with Crippen molar-refractivity contribution in [1.82, 2.24) is 31.1 Å².